The molecule has 2 aliphatic rings. The molecule has 0 saturated carbocycles. The number of nitrogens with zero attached hydrogens (tertiary/aromatic N) is 2. The SMILES string of the molecule is COc1cccc2[nH]c(C(=O)N[C@@H](C=C(C)C)C(=O)N3C[C@]4(C[C@H]3C=O)C(=O)N(C)c3ccccc34)cc12. The molecule has 3 heterocycles. The molecule has 5 rings (SSSR count). The van der Waals surface area contributed by atoms with Gasteiger partial charge in [-0.3, -0.25) is 14.4 Å². The average Bonchev–Trinajstić information content (AvgIpc) is 3.58. The Morgan fingerprint density at radius 1 is 1.18 bits per heavy atom. The van der Waals surface area contributed by atoms with Gasteiger partial charge in [0.1, 0.15) is 23.8 Å². The number of aromatic nitrogens is 1. The van der Waals surface area contributed by atoms with Gasteiger partial charge in [-0.2, -0.15) is 0 Å². The molecule has 0 radical (unpaired) electrons. The Morgan fingerprint density at radius 2 is 1.95 bits per heavy atom. The summed E-state index contributed by atoms with van der Waals surface area (Å²) in [5, 5.41) is 3.56. The van der Waals surface area contributed by atoms with Crippen molar-refractivity contribution in [2.75, 3.05) is 25.6 Å². The molecule has 0 bridgehead atoms. The third-order valence-electron chi connectivity index (χ3n) is 7.47. The summed E-state index contributed by atoms with van der Waals surface area (Å²) in [4.78, 5) is 58.9. The van der Waals surface area contributed by atoms with Crippen LogP contribution < -0.4 is 15.0 Å². The summed E-state index contributed by atoms with van der Waals surface area (Å²) < 4.78 is 5.39. The Labute approximate surface area is 220 Å². The number of methoxy groups -OCH3 is 1. The Morgan fingerprint density at radius 3 is 2.66 bits per heavy atom. The molecule has 1 saturated heterocycles. The van der Waals surface area contributed by atoms with Gasteiger partial charge in [0, 0.05) is 30.2 Å². The van der Waals surface area contributed by atoms with Crippen LogP contribution in [0.5, 0.6) is 5.75 Å². The highest BCUT2D eigenvalue weighted by molar-refractivity contribution is 6.09. The molecule has 0 aliphatic carbocycles. The lowest BCUT2D eigenvalue weighted by molar-refractivity contribution is -0.135. The molecular weight excluding hydrogens is 484 g/mol. The van der Waals surface area contributed by atoms with Crippen molar-refractivity contribution in [1.82, 2.24) is 15.2 Å². The molecule has 3 aromatic rings. The summed E-state index contributed by atoms with van der Waals surface area (Å²) >= 11 is 0. The van der Waals surface area contributed by atoms with E-state index in [9.17, 15) is 19.2 Å². The van der Waals surface area contributed by atoms with E-state index >= 15 is 0 Å². The molecule has 38 heavy (non-hydrogen) atoms. The fourth-order valence-corrected chi connectivity index (χ4v) is 5.70. The molecule has 2 aliphatic heterocycles. The Kier molecular flexibility index (Phi) is 6.30. The molecule has 1 fully saturated rings. The highest BCUT2D eigenvalue weighted by Crippen LogP contribution is 2.48. The number of amides is 3. The first kappa shape index (κ1) is 25.3. The molecule has 3 atom stereocenters. The number of hydrogen-bond acceptors (Lipinski definition) is 5. The molecular formula is C29H30N4O5. The standard InChI is InChI=1S/C29H30N4O5/c1-17(2)12-23(31-26(35)22-13-19-21(30-22)9-7-11-25(19)38-4)27(36)33-16-29(14-18(33)15-34)20-8-5-6-10-24(20)32(3)28(29)37/h5-13,15,18,23,30H,14,16H2,1-4H3,(H,31,35)/t18-,23-,29-/m0/s1. The van der Waals surface area contributed by atoms with Gasteiger partial charge in [0.2, 0.25) is 11.8 Å². The van der Waals surface area contributed by atoms with Crippen molar-refractivity contribution in [2.24, 2.45) is 0 Å². The lowest BCUT2D eigenvalue weighted by atomic mass is 9.79. The van der Waals surface area contributed by atoms with E-state index in [4.69, 9.17) is 4.74 Å². The lowest BCUT2D eigenvalue weighted by Gasteiger charge is -2.27. The highest BCUT2D eigenvalue weighted by atomic mass is 16.5. The van der Waals surface area contributed by atoms with Gasteiger partial charge in [-0.15, -0.1) is 0 Å². The number of fused-ring (bicyclic) bond motifs is 3. The number of carbonyl (C=O) groups excluding carboxylic acids is 4. The molecule has 1 spiro atoms. The van der Waals surface area contributed by atoms with Crippen molar-refractivity contribution >= 4 is 40.6 Å². The second kappa shape index (κ2) is 9.48. The number of H-pyrrole nitrogens is 1. The average molecular weight is 515 g/mol. The highest BCUT2D eigenvalue weighted by Gasteiger charge is 2.57. The summed E-state index contributed by atoms with van der Waals surface area (Å²) in [5.41, 5.74) is 2.41. The molecule has 9 heteroatoms. The molecule has 0 unspecified atom stereocenters. The first-order chi connectivity index (χ1) is 18.2. The van der Waals surface area contributed by atoms with Crippen LogP contribution in [-0.2, 0) is 19.8 Å². The van der Waals surface area contributed by atoms with Crippen molar-refractivity contribution in [2.45, 2.75) is 37.8 Å². The second-order valence-electron chi connectivity index (χ2n) is 10.1. The minimum atomic E-state index is -1.03. The normalized spacial score (nSPS) is 20.9. The number of likely N-dealkylation sites (tertiary alicyclic amines) is 1. The number of para-hydroxylation sites is 1. The molecule has 2 N–H and O–H groups in total. The number of benzene rings is 2. The first-order valence-electron chi connectivity index (χ1n) is 12.4. The number of aromatic amines is 1. The van der Waals surface area contributed by atoms with E-state index in [1.54, 1.807) is 37.3 Å². The van der Waals surface area contributed by atoms with Crippen LogP contribution in [-0.4, -0.2) is 66.7 Å². The van der Waals surface area contributed by atoms with E-state index < -0.39 is 29.3 Å². The third kappa shape index (κ3) is 3.95. The van der Waals surface area contributed by atoms with Gasteiger partial charge in [-0.05, 0) is 50.1 Å². The smallest absolute Gasteiger partial charge is 0.268 e. The zero-order chi connectivity index (χ0) is 27.2. The van der Waals surface area contributed by atoms with Gasteiger partial charge in [-0.1, -0.05) is 35.9 Å². The second-order valence-corrected chi connectivity index (χ2v) is 10.1. The maximum atomic E-state index is 13.9. The van der Waals surface area contributed by atoms with Gasteiger partial charge in [0.25, 0.3) is 5.91 Å². The number of rotatable bonds is 6. The maximum Gasteiger partial charge on any atom is 0.268 e. The Bertz CT molecular complexity index is 1490. The maximum absolute atomic E-state index is 13.9. The topological polar surface area (TPSA) is 112 Å². The Hall–Kier alpha value is -4.40. The summed E-state index contributed by atoms with van der Waals surface area (Å²) in [6.07, 6.45) is 2.57. The number of aldehydes is 1. The predicted octanol–water partition coefficient (Wildman–Crippen LogP) is 2.96. The van der Waals surface area contributed by atoms with Gasteiger partial charge in [0.05, 0.1) is 18.6 Å². The van der Waals surface area contributed by atoms with E-state index in [0.717, 1.165) is 27.7 Å². The van der Waals surface area contributed by atoms with Crippen LogP contribution in [0.15, 0.2) is 60.2 Å². The fraction of sp³-hybridized carbons (Fsp3) is 0.310. The molecule has 2 aromatic carbocycles. The van der Waals surface area contributed by atoms with Gasteiger partial charge < -0.3 is 29.6 Å². The van der Waals surface area contributed by atoms with Crippen LogP contribution in [0, 0.1) is 0 Å². The summed E-state index contributed by atoms with van der Waals surface area (Å²) in [6, 6.07) is 12.8. The van der Waals surface area contributed by atoms with E-state index in [1.807, 2.05) is 50.2 Å². The van der Waals surface area contributed by atoms with Crippen LogP contribution in [0.2, 0.25) is 0 Å². The third-order valence-corrected chi connectivity index (χ3v) is 7.47. The first-order valence-corrected chi connectivity index (χ1v) is 12.4. The van der Waals surface area contributed by atoms with Crippen molar-refractivity contribution in [3.63, 3.8) is 0 Å². The van der Waals surface area contributed by atoms with Crippen LogP contribution in [0.1, 0.15) is 36.3 Å². The largest absolute Gasteiger partial charge is 0.496 e. The summed E-state index contributed by atoms with van der Waals surface area (Å²) in [5.74, 6) is -0.437. The van der Waals surface area contributed by atoms with Crippen molar-refractivity contribution in [3.05, 3.63) is 71.4 Å². The van der Waals surface area contributed by atoms with Crippen LogP contribution in [0.4, 0.5) is 5.69 Å². The van der Waals surface area contributed by atoms with Gasteiger partial charge in [0.15, 0.2) is 0 Å². The van der Waals surface area contributed by atoms with Crippen molar-refractivity contribution in [3.8, 4) is 5.75 Å². The minimum absolute atomic E-state index is 0.0575. The van der Waals surface area contributed by atoms with Gasteiger partial charge in [-0.25, -0.2) is 0 Å². The van der Waals surface area contributed by atoms with E-state index in [-0.39, 0.29) is 24.6 Å². The van der Waals surface area contributed by atoms with E-state index in [2.05, 4.69) is 10.3 Å². The number of nitrogens with one attached hydrogen (secondary N) is 2. The number of ether oxygens (including phenoxy) is 1. The fourth-order valence-electron chi connectivity index (χ4n) is 5.70. The number of hydrogen-bond donors (Lipinski definition) is 2. The summed E-state index contributed by atoms with van der Waals surface area (Å²) in [6.45, 7) is 3.71. The molecule has 196 valence electrons. The minimum Gasteiger partial charge on any atom is -0.496 e. The van der Waals surface area contributed by atoms with Gasteiger partial charge >= 0.3 is 0 Å². The lowest BCUT2D eigenvalue weighted by Crippen LogP contribution is -2.50. The quantitative estimate of drug-likeness (QED) is 0.388. The van der Waals surface area contributed by atoms with Crippen LogP contribution >= 0.6 is 0 Å². The predicted molar refractivity (Wildman–Crippen MR) is 143 cm³/mol. The zero-order valence-corrected chi connectivity index (χ0v) is 21.8. The van der Waals surface area contributed by atoms with Crippen molar-refractivity contribution in [1.29, 1.82) is 0 Å². The molecule has 1 aromatic heterocycles. The number of anilines is 1. The van der Waals surface area contributed by atoms with E-state index in [0.29, 0.717) is 12.0 Å². The zero-order valence-electron chi connectivity index (χ0n) is 21.8. The number of allylic oxidation sites excluding steroid dienone is 1. The van der Waals surface area contributed by atoms with Crippen molar-refractivity contribution < 1.29 is 23.9 Å². The summed E-state index contributed by atoms with van der Waals surface area (Å²) in [7, 11) is 3.26. The molecule has 3 amide bonds. The monoisotopic (exact) mass is 514 g/mol. The number of carbonyl (C=O) groups is 4. The molecule has 9 nitrogen and oxygen atoms in total. The number of likely N-dealkylation sites (N-methyl/N-ethyl adjacent to an activating group) is 1. The van der Waals surface area contributed by atoms with Crippen LogP contribution in [0.25, 0.3) is 10.9 Å². The van der Waals surface area contributed by atoms with Crippen LogP contribution in [0.3, 0.4) is 0 Å². The van der Waals surface area contributed by atoms with E-state index in [1.165, 1.54) is 4.90 Å². The Balaban J connectivity index is 1.45.